The predicted octanol–water partition coefficient (Wildman–Crippen LogP) is -0.119. The van der Waals surface area contributed by atoms with Gasteiger partial charge in [-0.05, 0) is 32.6 Å². The monoisotopic (exact) mass is 201 g/mol. The molecule has 0 unspecified atom stereocenters. The average molecular weight is 201 g/mol. The number of amides is 1. The summed E-state index contributed by atoms with van der Waals surface area (Å²) >= 11 is 0. The number of hydrogen-bond acceptors (Lipinski definition) is 3. The molecule has 0 heterocycles. The average Bonchev–Trinajstić information content (AvgIpc) is 2.08. The van der Waals surface area contributed by atoms with Crippen molar-refractivity contribution in [3.8, 4) is 0 Å². The molecule has 1 aliphatic carbocycles. The molecule has 0 aromatic heterocycles. The first kappa shape index (κ1) is 11.0. The maximum absolute atomic E-state index is 10.8. The zero-order valence-electron chi connectivity index (χ0n) is 8.12. The summed E-state index contributed by atoms with van der Waals surface area (Å²) < 4.78 is 0. The van der Waals surface area contributed by atoms with Gasteiger partial charge in [0.05, 0.1) is 5.60 Å². The van der Waals surface area contributed by atoms with E-state index in [2.05, 4.69) is 5.32 Å². The number of carboxylic acid groups (broad SMARTS) is 1. The third kappa shape index (κ3) is 2.99. The van der Waals surface area contributed by atoms with Crippen LogP contribution in [0.25, 0.3) is 0 Å². The fourth-order valence-corrected chi connectivity index (χ4v) is 1.63. The molecule has 5 heteroatoms. The Morgan fingerprint density at radius 2 is 1.86 bits per heavy atom. The summed E-state index contributed by atoms with van der Waals surface area (Å²) in [5.41, 5.74) is -0.662. The van der Waals surface area contributed by atoms with E-state index in [1.165, 1.54) is 0 Å². The van der Waals surface area contributed by atoms with Crippen LogP contribution >= 0.6 is 0 Å². The van der Waals surface area contributed by atoms with Crippen molar-refractivity contribution in [3.05, 3.63) is 0 Å². The summed E-state index contributed by atoms with van der Waals surface area (Å²) in [6.45, 7) is 1.75. The fourth-order valence-electron chi connectivity index (χ4n) is 1.63. The maximum atomic E-state index is 10.8. The molecule has 0 spiro atoms. The molecule has 0 aliphatic heterocycles. The molecule has 0 aromatic carbocycles. The summed E-state index contributed by atoms with van der Waals surface area (Å²) in [7, 11) is 0. The first-order valence-electron chi connectivity index (χ1n) is 4.67. The van der Waals surface area contributed by atoms with Gasteiger partial charge in [0.15, 0.2) is 0 Å². The van der Waals surface area contributed by atoms with Gasteiger partial charge in [0.1, 0.15) is 0 Å². The van der Waals surface area contributed by atoms with Crippen molar-refractivity contribution in [2.75, 3.05) is 0 Å². The molecule has 3 N–H and O–H groups in total. The van der Waals surface area contributed by atoms with Gasteiger partial charge in [0.2, 0.25) is 0 Å². The minimum absolute atomic E-state index is 0.112. The Morgan fingerprint density at radius 1 is 1.36 bits per heavy atom. The van der Waals surface area contributed by atoms with E-state index in [1.807, 2.05) is 0 Å². The van der Waals surface area contributed by atoms with Gasteiger partial charge in [0.25, 0.3) is 0 Å². The molecule has 5 nitrogen and oxygen atoms in total. The number of carboxylic acids is 1. The quantitative estimate of drug-likeness (QED) is 0.516. The lowest BCUT2D eigenvalue weighted by atomic mass is 9.84. The highest BCUT2D eigenvalue weighted by atomic mass is 16.4. The van der Waals surface area contributed by atoms with Crippen LogP contribution in [-0.2, 0) is 9.59 Å². The maximum Gasteiger partial charge on any atom is 0.394 e. The molecule has 0 saturated heterocycles. The lowest BCUT2D eigenvalue weighted by molar-refractivity contribution is -0.150. The van der Waals surface area contributed by atoms with Crippen molar-refractivity contribution in [2.24, 2.45) is 0 Å². The Bertz CT molecular complexity index is 239. The van der Waals surface area contributed by atoms with E-state index in [1.54, 1.807) is 6.92 Å². The smallest absolute Gasteiger partial charge is 0.394 e. The van der Waals surface area contributed by atoms with E-state index < -0.39 is 17.5 Å². The molecule has 0 radical (unpaired) electrons. The van der Waals surface area contributed by atoms with Crippen molar-refractivity contribution in [2.45, 2.75) is 44.2 Å². The third-order valence-corrected chi connectivity index (χ3v) is 2.59. The number of carbonyl (C=O) groups is 2. The van der Waals surface area contributed by atoms with Gasteiger partial charge >= 0.3 is 11.9 Å². The van der Waals surface area contributed by atoms with E-state index >= 15 is 0 Å². The van der Waals surface area contributed by atoms with Gasteiger partial charge in [0, 0.05) is 6.04 Å². The van der Waals surface area contributed by atoms with Gasteiger partial charge in [-0.1, -0.05) is 0 Å². The Kier molecular flexibility index (Phi) is 3.10. The van der Waals surface area contributed by atoms with Crippen LogP contribution in [-0.4, -0.2) is 33.7 Å². The summed E-state index contributed by atoms with van der Waals surface area (Å²) in [6, 6.07) is -0.112. The molecule has 14 heavy (non-hydrogen) atoms. The zero-order chi connectivity index (χ0) is 10.8. The van der Waals surface area contributed by atoms with Crippen LogP contribution in [0.5, 0.6) is 0 Å². The predicted molar refractivity (Wildman–Crippen MR) is 48.7 cm³/mol. The van der Waals surface area contributed by atoms with Gasteiger partial charge in [-0.2, -0.15) is 0 Å². The Morgan fingerprint density at radius 3 is 2.29 bits per heavy atom. The fraction of sp³-hybridized carbons (Fsp3) is 0.778. The van der Waals surface area contributed by atoms with Gasteiger partial charge < -0.3 is 15.5 Å². The molecule has 80 valence electrons. The van der Waals surface area contributed by atoms with Crippen LogP contribution in [0.1, 0.15) is 32.6 Å². The third-order valence-electron chi connectivity index (χ3n) is 2.59. The topological polar surface area (TPSA) is 86.6 Å². The highest BCUT2D eigenvalue weighted by Gasteiger charge is 2.30. The molecule has 0 aromatic rings. The number of carbonyl (C=O) groups excluding carboxylic acids is 1. The number of aliphatic carboxylic acids is 1. The normalized spacial score (nSPS) is 32.3. The minimum Gasteiger partial charge on any atom is -0.474 e. The van der Waals surface area contributed by atoms with Crippen LogP contribution in [0, 0.1) is 0 Å². The van der Waals surface area contributed by atoms with Crippen LogP contribution < -0.4 is 5.32 Å². The first-order chi connectivity index (χ1) is 6.41. The first-order valence-corrected chi connectivity index (χ1v) is 4.67. The Hall–Kier alpha value is -1.10. The van der Waals surface area contributed by atoms with E-state index in [0.717, 1.165) is 0 Å². The lowest BCUT2D eigenvalue weighted by Crippen LogP contribution is -2.44. The SMILES string of the molecule is CC1(O)CCC(NC(=O)C(=O)O)CC1. The number of hydrogen-bond donors (Lipinski definition) is 3. The van der Waals surface area contributed by atoms with Crippen LogP contribution in [0.3, 0.4) is 0 Å². The molecule has 1 fully saturated rings. The second-order valence-electron chi connectivity index (χ2n) is 4.05. The molecule has 0 bridgehead atoms. The molecule has 1 saturated carbocycles. The second-order valence-corrected chi connectivity index (χ2v) is 4.05. The van der Waals surface area contributed by atoms with Crippen molar-refractivity contribution < 1.29 is 19.8 Å². The Balaban J connectivity index is 2.36. The lowest BCUT2D eigenvalue weighted by Gasteiger charge is -2.33. The van der Waals surface area contributed by atoms with Crippen LogP contribution in [0.2, 0.25) is 0 Å². The van der Waals surface area contributed by atoms with Gasteiger partial charge in [-0.25, -0.2) is 4.79 Å². The van der Waals surface area contributed by atoms with Crippen molar-refractivity contribution in [1.29, 1.82) is 0 Å². The molecule has 1 rings (SSSR count). The molecular weight excluding hydrogens is 186 g/mol. The van der Waals surface area contributed by atoms with Crippen LogP contribution in [0.4, 0.5) is 0 Å². The minimum atomic E-state index is -1.46. The van der Waals surface area contributed by atoms with E-state index in [0.29, 0.717) is 25.7 Å². The van der Waals surface area contributed by atoms with Crippen molar-refractivity contribution in [1.82, 2.24) is 5.32 Å². The summed E-state index contributed by atoms with van der Waals surface area (Å²) in [5.74, 6) is -2.42. The molecule has 1 aliphatic rings. The zero-order valence-corrected chi connectivity index (χ0v) is 8.12. The summed E-state index contributed by atoms with van der Waals surface area (Å²) in [5, 5.41) is 20.4. The molecule has 1 amide bonds. The summed E-state index contributed by atoms with van der Waals surface area (Å²) in [4.78, 5) is 21.0. The molecular formula is C9H15NO4. The van der Waals surface area contributed by atoms with E-state index in [-0.39, 0.29) is 6.04 Å². The van der Waals surface area contributed by atoms with E-state index in [4.69, 9.17) is 5.11 Å². The van der Waals surface area contributed by atoms with E-state index in [9.17, 15) is 14.7 Å². The number of aliphatic hydroxyl groups is 1. The van der Waals surface area contributed by atoms with Gasteiger partial charge in [-0.15, -0.1) is 0 Å². The highest BCUT2D eigenvalue weighted by molar-refractivity contribution is 6.31. The Labute approximate surface area is 82.1 Å². The van der Waals surface area contributed by atoms with Crippen LogP contribution in [0.15, 0.2) is 0 Å². The second kappa shape index (κ2) is 3.96. The van der Waals surface area contributed by atoms with Crippen molar-refractivity contribution >= 4 is 11.9 Å². The van der Waals surface area contributed by atoms with Gasteiger partial charge in [-0.3, -0.25) is 4.79 Å². The molecule has 0 atom stereocenters. The largest absolute Gasteiger partial charge is 0.474 e. The summed E-state index contributed by atoms with van der Waals surface area (Å²) in [6.07, 6.45) is 2.45. The standard InChI is InChI=1S/C9H15NO4/c1-9(14)4-2-6(3-5-9)10-7(11)8(12)13/h6,14H,2-5H2,1H3,(H,10,11)(H,12,13). The highest BCUT2D eigenvalue weighted by Crippen LogP contribution is 2.27. The number of rotatable bonds is 1. The van der Waals surface area contributed by atoms with Crippen molar-refractivity contribution in [3.63, 3.8) is 0 Å². The number of nitrogens with one attached hydrogen (secondary N) is 1.